The summed E-state index contributed by atoms with van der Waals surface area (Å²) in [4.78, 5) is 24.3. The van der Waals surface area contributed by atoms with Crippen molar-refractivity contribution in [1.82, 2.24) is 5.32 Å². The van der Waals surface area contributed by atoms with Crippen LogP contribution in [0.15, 0.2) is 17.8 Å². The number of benzene rings is 1. The number of alkyl halides is 1. The second-order valence-corrected chi connectivity index (χ2v) is 4.90. The molecule has 0 bridgehead atoms. The molecule has 0 heterocycles. The van der Waals surface area contributed by atoms with Gasteiger partial charge in [0.05, 0.1) is 25.3 Å². The van der Waals surface area contributed by atoms with Gasteiger partial charge < -0.3 is 14.8 Å². The molecule has 0 fully saturated rings. The van der Waals surface area contributed by atoms with Gasteiger partial charge in [-0.2, -0.15) is 4.39 Å². The van der Waals surface area contributed by atoms with Crippen LogP contribution in [-0.4, -0.2) is 38.2 Å². The van der Waals surface area contributed by atoms with Crippen LogP contribution in [0.1, 0.15) is 24.2 Å². The van der Waals surface area contributed by atoms with Gasteiger partial charge in [-0.05, 0) is 19.9 Å². The number of rotatable bonds is 8. The first-order valence-electron chi connectivity index (χ1n) is 7.23. The third kappa shape index (κ3) is 4.71. The number of esters is 1. The molecule has 0 aromatic heterocycles. The lowest BCUT2D eigenvalue weighted by Crippen LogP contribution is -2.26. The first-order chi connectivity index (χ1) is 11.8. The number of ether oxygens (including phenoxy) is 2. The number of hydrogen-bond donors (Lipinski definition) is 1. The Bertz CT molecular complexity index is 691. The van der Waals surface area contributed by atoms with Crippen LogP contribution in [-0.2, 0) is 9.53 Å². The standard InChI is InChI=1S/C16H17F4NO4/c1-4-25-16(23)10(7-21-8(2)6-17)14(22)9-5-11(18)13(20)15(24-3)12(9)19/h5,7-8,21H,4,6H2,1-3H3. The number of ketones is 1. The van der Waals surface area contributed by atoms with Crippen molar-refractivity contribution in [2.24, 2.45) is 0 Å². The number of methoxy groups -OCH3 is 1. The number of hydrogen-bond acceptors (Lipinski definition) is 5. The minimum absolute atomic E-state index is 0.0916. The Kier molecular flexibility index (Phi) is 7.41. The van der Waals surface area contributed by atoms with Gasteiger partial charge in [0.2, 0.25) is 11.6 Å². The lowest BCUT2D eigenvalue weighted by molar-refractivity contribution is -0.138. The van der Waals surface area contributed by atoms with Crippen LogP contribution in [0.25, 0.3) is 0 Å². The smallest absolute Gasteiger partial charge is 0.343 e. The van der Waals surface area contributed by atoms with Gasteiger partial charge in [-0.25, -0.2) is 18.0 Å². The maximum Gasteiger partial charge on any atom is 0.343 e. The molecule has 25 heavy (non-hydrogen) atoms. The van der Waals surface area contributed by atoms with Crippen molar-refractivity contribution in [2.45, 2.75) is 19.9 Å². The fraction of sp³-hybridized carbons (Fsp3) is 0.375. The highest BCUT2D eigenvalue weighted by Gasteiger charge is 2.29. The quantitative estimate of drug-likeness (QED) is 0.146. The monoisotopic (exact) mass is 363 g/mol. The lowest BCUT2D eigenvalue weighted by atomic mass is 10.0. The second kappa shape index (κ2) is 9.05. The van der Waals surface area contributed by atoms with E-state index in [-0.39, 0.29) is 6.61 Å². The zero-order chi connectivity index (χ0) is 19.1. The molecule has 0 aliphatic heterocycles. The van der Waals surface area contributed by atoms with Gasteiger partial charge in [0.15, 0.2) is 17.4 Å². The maximum absolute atomic E-state index is 14.2. The van der Waals surface area contributed by atoms with E-state index in [4.69, 9.17) is 0 Å². The predicted molar refractivity (Wildman–Crippen MR) is 80.5 cm³/mol. The molecule has 9 heteroatoms. The minimum Gasteiger partial charge on any atom is -0.491 e. The van der Waals surface area contributed by atoms with Gasteiger partial charge in [-0.1, -0.05) is 0 Å². The van der Waals surface area contributed by atoms with E-state index in [2.05, 4.69) is 14.8 Å². The molecule has 0 saturated carbocycles. The van der Waals surface area contributed by atoms with Crippen molar-refractivity contribution in [3.8, 4) is 5.75 Å². The third-order valence-electron chi connectivity index (χ3n) is 3.05. The van der Waals surface area contributed by atoms with E-state index in [1.807, 2.05) is 0 Å². The third-order valence-corrected chi connectivity index (χ3v) is 3.05. The van der Waals surface area contributed by atoms with E-state index >= 15 is 0 Å². The van der Waals surface area contributed by atoms with Crippen LogP contribution in [0.2, 0.25) is 0 Å². The van der Waals surface area contributed by atoms with E-state index in [0.717, 1.165) is 13.3 Å². The normalized spacial score (nSPS) is 12.5. The second-order valence-electron chi connectivity index (χ2n) is 4.90. The van der Waals surface area contributed by atoms with Gasteiger partial charge in [0.25, 0.3) is 0 Å². The van der Waals surface area contributed by atoms with Crippen LogP contribution in [0.3, 0.4) is 0 Å². The van der Waals surface area contributed by atoms with E-state index in [1.54, 1.807) is 0 Å². The molecule has 0 aliphatic carbocycles. The molecule has 0 amide bonds. The van der Waals surface area contributed by atoms with Crippen LogP contribution < -0.4 is 10.1 Å². The maximum atomic E-state index is 14.2. The molecule has 5 nitrogen and oxygen atoms in total. The predicted octanol–water partition coefficient (Wildman–Crippen LogP) is 2.69. The Morgan fingerprint density at radius 2 is 1.92 bits per heavy atom. The zero-order valence-corrected chi connectivity index (χ0v) is 13.8. The SMILES string of the molecule is CCOC(=O)C(=CNC(C)CF)C(=O)c1cc(F)c(F)c(OC)c1F. The van der Waals surface area contributed by atoms with Crippen molar-refractivity contribution in [3.63, 3.8) is 0 Å². The van der Waals surface area contributed by atoms with Gasteiger partial charge >= 0.3 is 5.97 Å². The summed E-state index contributed by atoms with van der Waals surface area (Å²) in [6, 6.07) is -0.442. The van der Waals surface area contributed by atoms with E-state index < -0.39 is 58.8 Å². The summed E-state index contributed by atoms with van der Waals surface area (Å²) < 4.78 is 62.9. The molecule has 1 N–H and O–H groups in total. The Morgan fingerprint density at radius 1 is 1.28 bits per heavy atom. The topological polar surface area (TPSA) is 64.6 Å². The van der Waals surface area contributed by atoms with Crippen molar-refractivity contribution in [2.75, 3.05) is 20.4 Å². The first-order valence-corrected chi connectivity index (χ1v) is 7.23. The zero-order valence-electron chi connectivity index (χ0n) is 13.8. The van der Waals surface area contributed by atoms with Crippen molar-refractivity contribution >= 4 is 11.8 Å². The summed E-state index contributed by atoms with van der Waals surface area (Å²) in [7, 11) is 0.891. The largest absolute Gasteiger partial charge is 0.491 e. The highest BCUT2D eigenvalue weighted by atomic mass is 19.2. The van der Waals surface area contributed by atoms with Crippen LogP contribution >= 0.6 is 0 Å². The van der Waals surface area contributed by atoms with Crippen molar-refractivity contribution < 1.29 is 36.6 Å². The Balaban J connectivity index is 3.39. The van der Waals surface area contributed by atoms with Gasteiger partial charge in [-0.3, -0.25) is 4.79 Å². The molecule has 1 aromatic rings. The highest BCUT2D eigenvalue weighted by Crippen LogP contribution is 2.28. The van der Waals surface area contributed by atoms with Gasteiger partial charge in [-0.15, -0.1) is 0 Å². The molecule has 0 spiro atoms. The molecule has 1 unspecified atom stereocenters. The summed E-state index contributed by atoms with van der Waals surface area (Å²) in [5.41, 5.74) is -1.63. The summed E-state index contributed by atoms with van der Waals surface area (Å²) in [5.74, 6) is -8.12. The fourth-order valence-electron chi connectivity index (χ4n) is 1.77. The van der Waals surface area contributed by atoms with E-state index in [0.29, 0.717) is 6.07 Å². The Morgan fingerprint density at radius 3 is 2.44 bits per heavy atom. The van der Waals surface area contributed by atoms with Crippen LogP contribution in [0.5, 0.6) is 5.75 Å². The van der Waals surface area contributed by atoms with E-state index in [9.17, 15) is 27.2 Å². The number of Topliss-reactive ketones (excluding diaryl/α,β-unsaturated/α-hetero) is 1. The summed E-state index contributed by atoms with van der Waals surface area (Å²) in [5, 5.41) is 2.42. The first kappa shape index (κ1) is 20.5. The van der Waals surface area contributed by atoms with Crippen molar-refractivity contribution in [3.05, 3.63) is 40.9 Å². The van der Waals surface area contributed by atoms with Crippen LogP contribution in [0.4, 0.5) is 17.6 Å². The molecule has 0 radical (unpaired) electrons. The van der Waals surface area contributed by atoms with Crippen molar-refractivity contribution in [1.29, 1.82) is 0 Å². The lowest BCUT2D eigenvalue weighted by Gasteiger charge is -2.12. The molecular formula is C16H17F4NO4. The fourth-order valence-corrected chi connectivity index (χ4v) is 1.77. The number of halogens is 4. The molecule has 138 valence electrons. The number of nitrogens with one attached hydrogen (secondary N) is 1. The van der Waals surface area contributed by atoms with Gasteiger partial charge in [0, 0.05) is 6.20 Å². The molecule has 1 atom stereocenters. The van der Waals surface area contributed by atoms with Gasteiger partial charge in [0.1, 0.15) is 12.2 Å². The minimum atomic E-state index is -1.61. The highest BCUT2D eigenvalue weighted by molar-refractivity contribution is 6.24. The molecular weight excluding hydrogens is 346 g/mol. The number of carbonyl (C=O) groups is 2. The average molecular weight is 363 g/mol. The Labute approximate surface area is 141 Å². The summed E-state index contributed by atoms with van der Waals surface area (Å²) in [6.45, 7) is 1.99. The number of carbonyl (C=O) groups excluding carboxylic acids is 2. The summed E-state index contributed by atoms with van der Waals surface area (Å²) >= 11 is 0. The van der Waals surface area contributed by atoms with E-state index in [1.165, 1.54) is 13.8 Å². The molecule has 1 aromatic carbocycles. The molecule has 0 saturated heterocycles. The Hall–Kier alpha value is -2.58. The molecule has 0 aliphatic rings. The molecule has 1 rings (SSSR count). The summed E-state index contributed by atoms with van der Waals surface area (Å²) in [6.07, 6.45) is 0.845. The average Bonchev–Trinajstić information content (AvgIpc) is 2.58. The van der Waals surface area contributed by atoms with Crippen LogP contribution in [0, 0.1) is 17.5 Å².